The van der Waals surface area contributed by atoms with Crippen molar-refractivity contribution >= 4 is 29.9 Å². The van der Waals surface area contributed by atoms with Gasteiger partial charge in [-0.25, -0.2) is 0 Å². The third kappa shape index (κ3) is 2.71. The second-order valence-electron chi connectivity index (χ2n) is 5.15. The van der Waals surface area contributed by atoms with Crippen molar-refractivity contribution in [2.24, 2.45) is 11.7 Å². The van der Waals surface area contributed by atoms with Crippen LogP contribution in [0.15, 0.2) is 24.3 Å². The van der Waals surface area contributed by atoms with E-state index in [0.717, 1.165) is 0 Å². The number of nitrogens with zero attached hydrogens (tertiary/aromatic N) is 1. The lowest BCUT2D eigenvalue weighted by Crippen LogP contribution is -2.31. The van der Waals surface area contributed by atoms with E-state index in [-0.39, 0.29) is 18.9 Å². The molecule has 2 amide bonds. The maximum atomic E-state index is 12.3. The normalized spacial score (nSPS) is 19.8. The molecule has 102 valence electrons. The van der Waals surface area contributed by atoms with Crippen LogP contribution >= 0.6 is 7.14 Å². The first-order chi connectivity index (χ1) is 8.80. The molecule has 6 heteroatoms. The minimum absolute atomic E-state index is 0.126. The first-order valence-electron chi connectivity index (χ1n) is 6.05. The quantitative estimate of drug-likeness (QED) is 0.830. The molecule has 2 rings (SSSR count). The molecule has 0 saturated carbocycles. The zero-order valence-electron chi connectivity index (χ0n) is 11.0. The number of carbonyl (C=O) groups excluding carboxylic acids is 2. The Hall–Kier alpha value is -1.61. The van der Waals surface area contributed by atoms with E-state index in [2.05, 4.69) is 0 Å². The van der Waals surface area contributed by atoms with E-state index in [0.29, 0.717) is 11.0 Å². The molecule has 1 aromatic rings. The Labute approximate surface area is 112 Å². The molecular weight excluding hydrogens is 263 g/mol. The van der Waals surface area contributed by atoms with Gasteiger partial charge in [0.05, 0.1) is 11.6 Å². The lowest BCUT2D eigenvalue weighted by molar-refractivity contribution is -0.123. The Morgan fingerprint density at radius 2 is 2.00 bits per heavy atom. The highest BCUT2D eigenvalue weighted by Gasteiger charge is 2.35. The summed E-state index contributed by atoms with van der Waals surface area (Å²) in [5.41, 5.74) is 5.88. The van der Waals surface area contributed by atoms with Crippen LogP contribution in [0.25, 0.3) is 0 Å². The SMILES string of the molecule is CP(C)(=O)c1ccccc1N1CC(C(N)=O)CC1=O. The van der Waals surface area contributed by atoms with Crippen LogP contribution in [0.2, 0.25) is 0 Å². The summed E-state index contributed by atoms with van der Waals surface area (Å²) in [7, 11) is -2.49. The summed E-state index contributed by atoms with van der Waals surface area (Å²) in [4.78, 5) is 24.7. The van der Waals surface area contributed by atoms with Crippen LogP contribution in [-0.2, 0) is 14.2 Å². The Kier molecular flexibility index (Phi) is 3.50. The molecule has 1 aliphatic rings. The Balaban J connectivity index is 2.41. The summed E-state index contributed by atoms with van der Waals surface area (Å²) in [6.45, 7) is 3.60. The molecule has 0 aromatic heterocycles. The predicted octanol–water partition coefficient (Wildman–Crippen LogP) is 0.773. The van der Waals surface area contributed by atoms with Gasteiger partial charge in [-0.2, -0.15) is 0 Å². The second kappa shape index (κ2) is 4.82. The molecule has 1 atom stereocenters. The van der Waals surface area contributed by atoms with Gasteiger partial charge in [-0.15, -0.1) is 0 Å². The van der Waals surface area contributed by atoms with Gasteiger partial charge in [0, 0.05) is 18.3 Å². The fourth-order valence-corrected chi connectivity index (χ4v) is 3.47. The number of anilines is 1. The summed E-state index contributed by atoms with van der Waals surface area (Å²) < 4.78 is 12.3. The summed E-state index contributed by atoms with van der Waals surface area (Å²) in [5.74, 6) is -1.08. The molecule has 1 unspecified atom stereocenters. The summed E-state index contributed by atoms with van der Waals surface area (Å²) in [6, 6.07) is 7.11. The smallest absolute Gasteiger partial charge is 0.227 e. The molecule has 0 spiro atoms. The second-order valence-corrected chi connectivity index (χ2v) is 8.33. The van der Waals surface area contributed by atoms with Gasteiger partial charge in [-0.1, -0.05) is 12.1 Å². The molecule has 0 radical (unpaired) electrons. The number of nitrogens with two attached hydrogens (primary N) is 1. The zero-order valence-corrected chi connectivity index (χ0v) is 11.9. The van der Waals surface area contributed by atoms with E-state index < -0.39 is 19.0 Å². The molecule has 2 N–H and O–H groups in total. The minimum Gasteiger partial charge on any atom is -0.369 e. The molecule has 1 fully saturated rings. The van der Waals surface area contributed by atoms with Crippen molar-refractivity contribution in [2.45, 2.75) is 6.42 Å². The largest absolute Gasteiger partial charge is 0.369 e. The van der Waals surface area contributed by atoms with Crippen LogP contribution in [0.3, 0.4) is 0 Å². The van der Waals surface area contributed by atoms with Crippen LogP contribution < -0.4 is 15.9 Å². The highest BCUT2D eigenvalue weighted by Crippen LogP contribution is 2.39. The van der Waals surface area contributed by atoms with Crippen molar-refractivity contribution in [3.05, 3.63) is 24.3 Å². The molecule has 5 nitrogen and oxygen atoms in total. The van der Waals surface area contributed by atoms with Crippen molar-refractivity contribution in [1.82, 2.24) is 0 Å². The Morgan fingerprint density at radius 3 is 2.53 bits per heavy atom. The van der Waals surface area contributed by atoms with Crippen LogP contribution in [0.4, 0.5) is 5.69 Å². The highest BCUT2D eigenvalue weighted by molar-refractivity contribution is 7.70. The number of hydrogen-bond acceptors (Lipinski definition) is 3. The lowest BCUT2D eigenvalue weighted by atomic mass is 10.1. The van der Waals surface area contributed by atoms with Crippen molar-refractivity contribution in [3.8, 4) is 0 Å². The maximum Gasteiger partial charge on any atom is 0.227 e. The van der Waals surface area contributed by atoms with Crippen LogP contribution in [0.1, 0.15) is 6.42 Å². The van der Waals surface area contributed by atoms with Gasteiger partial charge in [-0.3, -0.25) is 9.59 Å². The average Bonchev–Trinajstić information content (AvgIpc) is 2.70. The molecule has 0 aliphatic carbocycles. The van der Waals surface area contributed by atoms with Crippen molar-refractivity contribution in [1.29, 1.82) is 0 Å². The van der Waals surface area contributed by atoms with Crippen molar-refractivity contribution < 1.29 is 14.2 Å². The van der Waals surface area contributed by atoms with Gasteiger partial charge < -0.3 is 15.2 Å². The molecule has 0 bridgehead atoms. The van der Waals surface area contributed by atoms with Crippen LogP contribution in [-0.4, -0.2) is 31.7 Å². The van der Waals surface area contributed by atoms with Gasteiger partial charge in [-0.05, 0) is 25.5 Å². The number of para-hydroxylation sites is 1. The van der Waals surface area contributed by atoms with Crippen molar-refractivity contribution in [3.63, 3.8) is 0 Å². The Morgan fingerprint density at radius 1 is 1.37 bits per heavy atom. The van der Waals surface area contributed by atoms with E-state index >= 15 is 0 Å². The predicted molar refractivity (Wildman–Crippen MR) is 75.2 cm³/mol. The number of amides is 2. The monoisotopic (exact) mass is 280 g/mol. The fourth-order valence-electron chi connectivity index (χ4n) is 2.28. The topological polar surface area (TPSA) is 80.5 Å². The van der Waals surface area contributed by atoms with Crippen LogP contribution in [0.5, 0.6) is 0 Å². The molecule has 1 heterocycles. The van der Waals surface area contributed by atoms with Gasteiger partial charge in [0.25, 0.3) is 0 Å². The van der Waals surface area contributed by atoms with E-state index in [9.17, 15) is 14.2 Å². The van der Waals surface area contributed by atoms with E-state index in [4.69, 9.17) is 5.73 Å². The first kappa shape index (κ1) is 13.8. The fraction of sp³-hybridized carbons (Fsp3) is 0.385. The Bertz CT molecular complexity index is 579. The molecule has 1 aliphatic heterocycles. The molecule has 1 saturated heterocycles. The van der Waals surface area contributed by atoms with Gasteiger partial charge >= 0.3 is 0 Å². The molecule has 1 aromatic carbocycles. The van der Waals surface area contributed by atoms with Crippen molar-refractivity contribution in [2.75, 3.05) is 24.8 Å². The standard InChI is InChI=1S/C13H17N2O3P/c1-19(2,18)11-6-4-3-5-10(11)15-8-9(13(14)17)7-12(15)16/h3-6,9H,7-8H2,1-2H3,(H2,14,17). The van der Waals surface area contributed by atoms with Gasteiger partial charge in [0.1, 0.15) is 7.14 Å². The third-order valence-electron chi connectivity index (χ3n) is 3.28. The number of carbonyl (C=O) groups is 2. The third-order valence-corrected chi connectivity index (χ3v) is 4.82. The summed E-state index contributed by atoms with van der Waals surface area (Å²) >= 11 is 0. The van der Waals surface area contributed by atoms with Gasteiger partial charge in [0.2, 0.25) is 11.8 Å². The molecule has 19 heavy (non-hydrogen) atoms. The van der Waals surface area contributed by atoms with Gasteiger partial charge in [0.15, 0.2) is 0 Å². The number of rotatable bonds is 3. The van der Waals surface area contributed by atoms with Crippen LogP contribution in [0, 0.1) is 5.92 Å². The van der Waals surface area contributed by atoms with E-state index in [1.807, 2.05) is 0 Å². The number of benzene rings is 1. The number of hydrogen-bond donors (Lipinski definition) is 1. The zero-order chi connectivity index (χ0) is 14.2. The lowest BCUT2D eigenvalue weighted by Gasteiger charge is -2.21. The first-order valence-corrected chi connectivity index (χ1v) is 8.65. The van der Waals surface area contributed by atoms with E-state index in [1.54, 1.807) is 37.6 Å². The van der Waals surface area contributed by atoms with E-state index in [1.165, 1.54) is 4.90 Å². The minimum atomic E-state index is -2.49. The maximum absolute atomic E-state index is 12.3. The average molecular weight is 280 g/mol. The summed E-state index contributed by atoms with van der Waals surface area (Å²) in [5, 5.41) is 0.661. The number of primary amides is 1. The highest BCUT2D eigenvalue weighted by atomic mass is 31.2. The molecular formula is C13H17N2O3P. The summed E-state index contributed by atoms with van der Waals surface area (Å²) in [6.07, 6.45) is 0.126.